The molecule has 0 saturated carbocycles. The third-order valence-electron chi connectivity index (χ3n) is 5.52. The first-order valence-electron chi connectivity index (χ1n) is 9.87. The topological polar surface area (TPSA) is 44.8 Å². The first-order valence-corrected chi connectivity index (χ1v) is 10.2. The van der Waals surface area contributed by atoms with E-state index in [-0.39, 0.29) is 6.03 Å². The number of benzene rings is 1. The van der Waals surface area contributed by atoms with Gasteiger partial charge in [0.1, 0.15) is 5.75 Å². The number of aryl methyl sites for hydroxylation is 1. The number of halogens is 1. The van der Waals surface area contributed by atoms with E-state index >= 15 is 0 Å². The molecule has 1 N–H and O–H groups in total. The molecule has 0 aromatic heterocycles. The summed E-state index contributed by atoms with van der Waals surface area (Å²) >= 11 is 6.14. The number of anilines is 1. The fraction of sp³-hybridized carbons (Fsp3) is 0.571. The van der Waals surface area contributed by atoms with E-state index in [1.54, 1.807) is 18.7 Å². The van der Waals surface area contributed by atoms with Gasteiger partial charge in [0.2, 0.25) is 0 Å². The molecule has 27 heavy (non-hydrogen) atoms. The predicted octanol–water partition coefficient (Wildman–Crippen LogP) is 4.70. The molecule has 1 aliphatic heterocycles. The minimum absolute atomic E-state index is 0.0790. The van der Waals surface area contributed by atoms with Crippen molar-refractivity contribution in [1.82, 2.24) is 9.80 Å². The van der Waals surface area contributed by atoms with Crippen LogP contribution in [0.15, 0.2) is 23.8 Å². The van der Waals surface area contributed by atoms with Gasteiger partial charge in [-0.05, 0) is 50.7 Å². The zero-order chi connectivity index (χ0) is 19.2. The highest BCUT2D eigenvalue weighted by Crippen LogP contribution is 2.31. The van der Waals surface area contributed by atoms with Crippen LogP contribution in [-0.4, -0.2) is 55.7 Å². The van der Waals surface area contributed by atoms with E-state index in [0.29, 0.717) is 16.5 Å². The molecule has 1 heterocycles. The van der Waals surface area contributed by atoms with Gasteiger partial charge in [-0.25, -0.2) is 4.79 Å². The molecule has 0 radical (unpaired) electrons. The third-order valence-corrected chi connectivity index (χ3v) is 5.92. The Morgan fingerprint density at radius 2 is 2.00 bits per heavy atom. The Morgan fingerprint density at radius 1 is 1.22 bits per heavy atom. The van der Waals surface area contributed by atoms with Crippen LogP contribution in [0.5, 0.6) is 5.75 Å². The highest BCUT2D eigenvalue weighted by molar-refractivity contribution is 6.31. The molecule has 6 heteroatoms. The quantitative estimate of drug-likeness (QED) is 0.740. The lowest BCUT2D eigenvalue weighted by Crippen LogP contribution is -2.50. The summed E-state index contributed by atoms with van der Waals surface area (Å²) in [4.78, 5) is 17.0. The average Bonchev–Trinajstić information content (AvgIpc) is 2.70. The van der Waals surface area contributed by atoms with Crippen molar-refractivity contribution in [2.24, 2.45) is 0 Å². The summed E-state index contributed by atoms with van der Waals surface area (Å²) in [6, 6.07) is 3.52. The number of piperazine rings is 1. The fourth-order valence-electron chi connectivity index (χ4n) is 3.73. The molecular weight excluding hydrogens is 362 g/mol. The number of rotatable bonds is 5. The van der Waals surface area contributed by atoms with E-state index in [1.807, 2.05) is 17.9 Å². The van der Waals surface area contributed by atoms with Crippen LogP contribution in [0.3, 0.4) is 0 Å². The van der Waals surface area contributed by atoms with Gasteiger partial charge in [0, 0.05) is 43.8 Å². The van der Waals surface area contributed by atoms with Crippen LogP contribution in [0.1, 0.15) is 37.7 Å². The Balaban J connectivity index is 1.48. The van der Waals surface area contributed by atoms with Crippen molar-refractivity contribution < 1.29 is 9.53 Å². The molecule has 1 saturated heterocycles. The summed E-state index contributed by atoms with van der Waals surface area (Å²) < 4.78 is 5.34. The maximum absolute atomic E-state index is 12.6. The number of allylic oxidation sites excluding steroid dienone is 1. The number of hydrogen-bond donors (Lipinski definition) is 1. The second kappa shape index (κ2) is 9.47. The summed E-state index contributed by atoms with van der Waals surface area (Å²) in [6.07, 6.45) is 8.80. The summed E-state index contributed by atoms with van der Waals surface area (Å²) in [5, 5.41) is 3.60. The summed E-state index contributed by atoms with van der Waals surface area (Å²) in [5.74, 6) is 0.582. The molecule has 0 atom stereocenters. The van der Waals surface area contributed by atoms with Gasteiger partial charge in [-0.3, -0.25) is 4.90 Å². The number of amides is 2. The molecule has 0 unspecified atom stereocenters. The lowest BCUT2D eigenvalue weighted by molar-refractivity contribution is 0.148. The molecule has 1 aromatic rings. The van der Waals surface area contributed by atoms with Crippen molar-refractivity contribution in [3.8, 4) is 5.75 Å². The van der Waals surface area contributed by atoms with Crippen molar-refractivity contribution in [3.63, 3.8) is 0 Å². The number of nitrogens with zero attached hydrogens (tertiary/aromatic N) is 2. The predicted molar refractivity (Wildman–Crippen MR) is 111 cm³/mol. The highest BCUT2D eigenvalue weighted by Gasteiger charge is 2.22. The van der Waals surface area contributed by atoms with Gasteiger partial charge < -0.3 is 15.0 Å². The minimum atomic E-state index is -0.0790. The molecule has 2 aliphatic rings. The van der Waals surface area contributed by atoms with Crippen LogP contribution in [-0.2, 0) is 0 Å². The van der Waals surface area contributed by atoms with Crippen LogP contribution < -0.4 is 10.1 Å². The Hall–Kier alpha value is -1.72. The van der Waals surface area contributed by atoms with Crippen LogP contribution in [0.2, 0.25) is 5.02 Å². The van der Waals surface area contributed by atoms with Gasteiger partial charge in [0.05, 0.1) is 12.8 Å². The molecule has 0 spiro atoms. The number of hydrogen-bond acceptors (Lipinski definition) is 3. The zero-order valence-corrected chi connectivity index (χ0v) is 17.1. The van der Waals surface area contributed by atoms with Gasteiger partial charge in [0.25, 0.3) is 0 Å². The molecule has 5 nitrogen and oxygen atoms in total. The molecule has 148 valence electrons. The second-order valence-corrected chi connectivity index (χ2v) is 7.83. The number of methoxy groups -OCH3 is 1. The summed E-state index contributed by atoms with van der Waals surface area (Å²) in [6.45, 7) is 6.37. The highest BCUT2D eigenvalue weighted by atomic mass is 35.5. The standard InChI is InChI=1S/C21H30ClN3O2/c1-16-14-19(20(27-2)15-18(16)22)23-21(26)25-12-10-24(11-13-25)9-8-17-6-4-3-5-7-17/h6,14-15H,3-5,7-13H2,1-2H3,(H,23,26). The molecule has 1 aliphatic carbocycles. The van der Waals surface area contributed by atoms with Crippen LogP contribution in [0.25, 0.3) is 0 Å². The second-order valence-electron chi connectivity index (χ2n) is 7.42. The molecule has 1 fully saturated rings. The molecule has 2 amide bonds. The van der Waals surface area contributed by atoms with Crippen LogP contribution in [0.4, 0.5) is 10.5 Å². The van der Waals surface area contributed by atoms with Crippen molar-refractivity contribution in [2.45, 2.75) is 39.0 Å². The minimum Gasteiger partial charge on any atom is -0.495 e. The number of nitrogens with one attached hydrogen (secondary N) is 1. The first-order chi connectivity index (χ1) is 13.1. The lowest BCUT2D eigenvalue weighted by Gasteiger charge is -2.35. The van der Waals surface area contributed by atoms with E-state index in [9.17, 15) is 4.79 Å². The van der Waals surface area contributed by atoms with Gasteiger partial charge in [-0.15, -0.1) is 0 Å². The van der Waals surface area contributed by atoms with Gasteiger partial charge in [-0.2, -0.15) is 0 Å². The summed E-state index contributed by atoms with van der Waals surface area (Å²) in [7, 11) is 1.58. The van der Waals surface area contributed by atoms with Crippen molar-refractivity contribution >= 4 is 23.3 Å². The van der Waals surface area contributed by atoms with Crippen molar-refractivity contribution in [3.05, 3.63) is 34.4 Å². The van der Waals surface area contributed by atoms with Gasteiger partial charge in [0.15, 0.2) is 0 Å². The molecule has 0 bridgehead atoms. The SMILES string of the molecule is COc1cc(Cl)c(C)cc1NC(=O)N1CCN(CCC2=CCCCC2)CC1. The average molecular weight is 392 g/mol. The number of carbonyl (C=O) groups excluding carboxylic acids is 1. The van der Waals surface area contributed by atoms with E-state index in [2.05, 4.69) is 16.3 Å². The van der Waals surface area contributed by atoms with Crippen molar-refractivity contribution in [2.75, 3.05) is 45.2 Å². The zero-order valence-electron chi connectivity index (χ0n) is 16.4. The Kier molecular flexibility index (Phi) is 7.02. The Labute approximate surface area is 167 Å². The number of ether oxygens (including phenoxy) is 1. The summed E-state index contributed by atoms with van der Waals surface area (Å²) in [5.41, 5.74) is 3.19. The monoisotopic (exact) mass is 391 g/mol. The fourth-order valence-corrected chi connectivity index (χ4v) is 3.89. The number of urea groups is 1. The van der Waals surface area contributed by atoms with E-state index in [4.69, 9.17) is 16.3 Å². The largest absolute Gasteiger partial charge is 0.495 e. The lowest BCUT2D eigenvalue weighted by atomic mass is 9.97. The molecule has 3 rings (SSSR count). The first kappa shape index (κ1) is 20.0. The number of carbonyl (C=O) groups is 1. The molecule has 1 aromatic carbocycles. The normalized spacial score (nSPS) is 18.2. The van der Waals surface area contributed by atoms with Crippen LogP contribution >= 0.6 is 11.6 Å². The molecular formula is C21H30ClN3O2. The smallest absolute Gasteiger partial charge is 0.322 e. The third kappa shape index (κ3) is 5.39. The maximum atomic E-state index is 12.6. The van der Waals surface area contributed by atoms with E-state index in [1.165, 1.54) is 32.1 Å². The van der Waals surface area contributed by atoms with Gasteiger partial charge in [-0.1, -0.05) is 23.3 Å². The Bertz CT molecular complexity index is 697. The maximum Gasteiger partial charge on any atom is 0.322 e. The Morgan fingerprint density at radius 3 is 2.67 bits per heavy atom. The van der Waals surface area contributed by atoms with Gasteiger partial charge >= 0.3 is 6.03 Å². The van der Waals surface area contributed by atoms with E-state index in [0.717, 1.165) is 38.3 Å². The van der Waals surface area contributed by atoms with Crippen molar-refractivity contribution in [1.29, 1.82) is 0 Å². The van der Waals surface area contributed by atoms with Crippen LogP contribution in [0, 0.1) is 6.92 Å². The van der Waals surface area contributed by atoms with E-state index < -0.39 is 0 Å².